The van der Waals surface area contributed by atoms with Crippen LogP contribution in [0.15, 0.2) is 5.38 Å². The molecule has 1 saturated heterocycles. The minimum atomic E-state index is -3.43. The van der Waals surface area contributed by atoms with Gasteiger partial charge in [-0.2, -0.15) is 12.7 Å². The predicted molar refractivity (Wildman–Crippen MR) is 77.6 cm³/mol. The first-order valence-electron chi connectivity index (χ1n) is 6.49. The van der Waals surface area contributed by atoms with Crippen LogP contribution in [0.2, 0.25) is 0 Å². The van der Waals surface area contributed by atoms with Gasteiger partial charge in [-0.25, -0.2) is 9.71 Å². The summed E-state index contributed by atoms with van der Waals surface area (Å²) in [5.41, 5.74) is 0.867. The van der Waals surface area contributed by atoms with E-state index in [1.165, 1.54) is 15.6 Å². The average Bonchev–Trinajstić information content (AvgIpc) is 2.98. The van der Waals surface area contributed by atoms with Crippen molar-refractivity contribution >= 4 is 26.7 Å². The molecule has 1 aliphatic rings. The molecule has 0 radical (unpaired) electrons. The van der Waals surface area contributed by atoms with E-state index in [4.69, 9.17) is 0 Å². The highest BCUT2D eigenvalue weighted by molar-refractivity contribution is 7.90. The Balaban J connectivity index is 2.03. The standard InChI is InChI=1S/C11H20N4O2S2/c1-3-12-9(2)10-8-18-11(13-10)14-19(16,17)15-6-4-5-7-15/h8-9,12H,3-7H2,1-2H3,(H,13,14). The van der Waals surface area contributed by atoms with Crippen molar-refractivity contribution in [3.05, 3.63) is 11.1 Å². The number of hydrogen-bond donors (Lipinski definition) is 2. The molecular formula is C11H20N4O2S2. The lowest BCUT2D eigenvalue weighted by molar-refractivity contribution is 0.482. The molecule has 8 heteroatoms. The summed E-state index contributed by atoms with van der Waals surface area (Å²) >= 11 is 1.32. The van der Waals surface area contributed by atoms with E-state index in [-0.39, 0.29) is 6.04 Å². The number of nitrogens with zero attached hydrogens (tertiary/aromatic N) is 2. The van der Waals surface area contributed by atoms with Crippen LogP contribution in [-0.2, 0) is 10.2 Å². The molecular weight excluding hydrogens is 284 g/mol. The third-order valence-corrected chi connectivity index (χ3v) is 5.50. The molecule has 0 spiro atoms. The molecule has 1 aromatic heterocycles. The maximum Gasteiger partial charge on any atom is 0.303 e. The van der Waals surface area contributed by atoms with Crippen molar-refractivity contribution in [3.63, 3.8) is 0 Å². The minimum Gasteiger partial charge on any atom is -0.309 e. The summed E-state index contributed by atoms with van der Waals surface area (Å²) < 4.78 is 28.2. The third-order valence-electron chi connectivity index (χ3n) is 3.10. The van der Waals surface area contributed by atoms with Crippen molar-refractivity contribution in [1.82, 2.24) is 14.6 Å². The Morgan fingerprint density at radius 1 is 1.47 bits per heavy atom. The second kappa shape index (κ2) is 6.17. The van der Waals surface area contributed by atoms with Gasteiger partial charge in [-0.3, -0.25) is 0 Å². The number of thiazole rings is 1. The van der Waals surface area contributed by atoms with Gasteiger partial charge in [-0.15, -0.1) is 11.3 Å². The molecule has 0 aromatic carbocycles. The van der Waals surface area contributed by atoms with Crippen LogP contribution in [0.5, 0.6) is 0 Å². The van der Waals surface area contributed by atoms with Crippen molar-refractivity contribution in [2.45, 2.75) is 32.7 Å². The molecule has 1 atom stereocenters. The summed E-state index contributed by atoms with van der Waals surface area (Å²) in [5, 5.41) is 5.57. The normalized spacial score (nSPS) is 18.6. The fourth-order valence-corrected chi connectivity index (χ4v) is 4.34. The molecule has 0 bridgehead atoms. The van der Waals surface area contributed by atoms with Crippen molar-refractivity contribution in [1.29, 1.82) is 0 Å². The molecule has 2 heterocycles. The number of aromatic nitrogens is 1. The molecule has 19 heavy (non-hydrogen) atoms. The van der Waals surface area contributed by atoms with E-state index in [0.717, 1.165) is 25.1 Å². The summed E-state index contributed by atoms with van der Waals surface area (Å²) in [6.07, 6.45) is 1.86. The zero-order valence-electron chi connectivity index (χ0n) is 11.2. The maximum absolute atomic E-state index is 12.1. The van der Waals surface area contributed by atoms with Gasteiger partial charge < -0.3 is 5.32 Å². The lowest BCUT2D eigenvalue weighted by Gasteiger charge is -2.15. The first-order chi connectivity index (χ1) is 9.03. The largest absolute Gasteiger partial charge is 0.309 e. The average molecular weight is 304 g/mol. The molecule has 1 fully saturated rings. The molecule has 0 aliphatic carbocycles. The van der Waals surface area contributed by atoms with Gasteiger partial charge in [-0.05, 0) is 26.3 Å². The smallest absolute Gasteiger partial charge is 0.303 e. The Kier molecular flexibility index (Phi) is 4.77. The summed E-state index contributed by atoms with van der Waals surface area (Å²) in [6, 6.07) is 0.131. The quantitative estimate of drug-likeness (QED) is 0.836. The molecule has 108 valence electrons. The minimum absolute atomic E-state index is 0.131. The van der Waals surface area contributed by atoms with Gasteiger partial charge in [0.1, 0.15) is 0 Å². The van der Waals surface area contributed by atoms with E-state index in [0.29, 0.717) is 18.2 Å². The maximum atomic E-state index is 12.1. The first kappa shape index (κ1) is 14.7. The van der Waals surface area contributed by atoms with E-state index in [9.17, 15) is 8.42 Å². The van der Waals surface area contributed by atoms with Crippen LogP contribution in [0.3, 0.4) is 0 Å². The Bertz CT molecular complexity index is 509. The molecule has 1 aromatic rings. The van der Waals surface area contributed by atoms with Crippen LogP contribution in [0, 0.1) is 0 Å². The molecule has 1 unspecified atom stereocenters. The Labute approximate surface area is 118 Å². The SMILES string of the molecule is CCNC(C)c1csc(NS(=O)(=O)N2CCCC2)n1. The van der Waals surface area contributed by atoms with Crippen molar-refractivity contribution in [3.8, 4) is 0 Å². The van der Waals surface area contributed by atoms with Crippen molar-refractivity contribution in [2.75, 3.05) is 24.4 Å². The topological polar surface area (TPSA) is 74.3 Å². The lowest BCUT2D eigenvalue weighted by atomic mass is 10.3. The van der Waals surface area contributed by atoms with E-state index < -0.39 is 10.2 Å². The van der Waals surface area contributed by atoms with Crippen LogP contribution in [0.4, 0.5) is 5.13 Å². The zero-order valence-corrected chi connectivity index (χ0v) is 12.9. The van der Waals surface area contributed by atoms with Crippen LogP contribution in [0.1, 0.15) is 38.4 Å². The predicted octanol–water partition coefficient (Wildman–Crippen LogP) is 1.57. The Morgan fingerprint density at radius 3 is 2.79 bits per heavy atom. The fraction of sp³-hybridized carbons (Fsp3) is 0.727. The van der Waals surface area contributed by atoms with E-state index >= 15 is 0 Å². The highest BCUT2D eigenvalue weighted by Gasteiger charge is 2.26. The monoisotopic (exact) mass is 304 g/mol. The number of anilines is 1. The molecule has 0 amide bonds. The van der Waals surface area contributed by atoms with Gasteiger partial charge in [0, 0.05) is 24.5 Å². The summed E-state index contributed by atoms with van der Waals surface area (Å²) in [7, 11) is -3.43. The van der Waals surface area contributed by atoms with Gasteiger partial charge in [0.05, 0.1) is 5.69 Å². The summed E-state index contributed by atoms with van der Waals surface area (Å²) in [5.74, 6) is 0. The Hall–Kier alpha value is -0.700. The zero-order chi connectivity index (χ0) is 13.9. The van der Waals surface area contributed by atoms with Gasteiger partial charge in [0.15, 0.2) is 5.13 Å². The lowest BCUT2D eigenvalue weighted by Crippen LogP contribution is -2.33. The van der Waals surface area contributed by atoms with E-state index in [1.54, 1.807) is 0 Å². The van der Waals surface area contributed by atoms with Crippen LogP contribution in [0.25, 0.3) is 0 Å². The summed E-state index contributed by atoms with van der Waals surface area (Å²) in [6.45, 7) is 6.09. The molecule has 2 N–H and O–H groups in total. The fourth-order valence-electron chi connectivity index (χ4n) is 2.05. The summed E-state index contributed by atoms with van der Waals surface area (Å²) in [4.78, 5) is 4.32. The molecule has 0 saturated carbocycles. The molecule has 2 rings (SSSR count). The highest BCUT2D eigenvalue weighted by atomic mass is 32.2. The van der Waals surface area contributed by atoms with E-state index in [2.05, 4.69) is 15.0 Å². The van der Waals surface area contributed by atoms with Gasteiger partial charge in [0.25, 0.3) is 0 Å². The Morgan fingerprint density at radius 2 is 2.16 bits per heavy atom. The second-order valence-corrected chi connectivity index (χ2v) is 7.10. The third kappa shape index (κ3) is 3.65. The number of nitrogens with one attached hydrogen (secondary N) is 2. The number of rotatable bonds is 6. The molecule has 6 nitrogen and oxygen atoms in total. The van der Waals surface area contributed by atoms with Gasteiger partial charge in [0.2, 0.25) is 0 Å². The van der Waals surface area contributed by atoms with Crippen LogP contribution in [-0.4, -0.2) is 37.3 Å². The van der Waals surface area contributed by atoms with Crippen LogP contribution >= 0.6 is 11.3 Å². The van der Waals surface area contributed by atoms with Gasteiger partial charge >= 0.3 is 10.2 Å². The number of hydrogen-bond acceptors (Lipinski definition) is 5. The van der Waals surface area contributed by atoms with Gasteiger partial charge in [-0.1, -0.05) is 6.92 Å². The second-order valence-electron chi connectivity index (χ2n) is 4.57. The first-order valence-corrected chi connectivity index (χ1v) is 8.81. The van der Waals surface area contributed by atoms with Crippen molar-refractivity contribution < 1.29 is 8.42 Å². The van der Waals surface area contributed by atoms with Crippen molar-refractivity contribution in [2.24, 2.45) is 0 Å². The van der Waals surface area contributed by atoms with Crippen LogP contribution < -0.4 is 10.0 Å². The highest BCUT2D eigenvalue weighted by Crippen LogP contribution is 2.23. The molecule has 1 aliphatic heterocycles. The van der Waals surface area contributed by atoms with E-state index in [1.807, 2.05) is 19.2 Å².